The van der Waals surface area contributed by atoms with Gasteiger partial charge in [-0.15, -0.1) is 0 Å². The van der Waals surface area contributed by atoms with Gasteiger partial charge in [0, 0.05) is 25.3 Å². The van der Waals surface area contributed by atoms with Gasteiger partial charge in [0.25, 0.3) is 0 Å². The third kappa shape index (κ3) is 1.51. The SMILES string of the molecule is CNC1CCCC2=C1N(C)CC=C2. The molecule has 0 bridgehead atoms. The molecule has 0 fully saturated rings. The zero-order valence-electron chi connectivity index (χ0n) is 8.51. The number of likely N-dealkylation sites (N-methyl/N-ethyl adjacent to an activating group) is 2. The standard InChI is InChI=1S/C11H18N2/c1-12-10-7-3-5-9-6-4-8-13(2)11(9)10/h4,6,10,12H,3,5,7-8H2,1-2H3. The fourth-order valence-electron chi connectivity index (χ4n) is 2.40. The van der Waals surface area contributed by atoms with Crippen LogP contribution in [0.15, 0.2) is 23.4 Å². The summed E-state index contributed by atoms with van der Waals surface area (Å²) in [5.41, 5.74) is 3.07. The van der Waals surface area contributed by atoms with Crippen LogP contribution in [0.1, 0.15) is 19.3 Å². The van der Waals surface area contributed by atoms with Crippen LogP contribution in [0.5, 0.6) is 0 Å². The van der Waals surface area contributed by atoms with Crippen LogP contribution in [0.2, 0.25) is 0 Å². The quantitative estimate of drug-likeness (QED) is 0.655. The van der Waals surface area contributed by atoms with E-state index in [9.17, 15) is 0 Å². The lowest BCUT2D eigenvalue weighted by molar-refractivity contribution is 0.361. The molecule has 0 radical (unpaired) electrons. The molecule has 2 nitrogen and oxygen atoms in total. The molecule has 2 heteroatoms. The van der Waals surface area contributed by atoms with Crippen LogP contribution in [0.4, 0.5) is 0 Å². The molecular formula is C11H18N2. The lowest BCUT2D eigenvalue weighted by Gasteiger charge is -2.36. The summed E-state index contributed by atoms with van der Waals surface area (Å²) in [6, 6.07) is 0.582. The van der Waals surface area contributed by atoms with E-state index in [0.29, 0.717) is 6.04 Å². The predicted molar refractivity (Wildman–Crippen MR) is 55.5 cm³/mol. The van der Waals surface area contributed by atoms with Crippen molar-refractivity contribution in [2.75, 3.05) is 20.6 Å². The molecule has 1 unspecified atom stereocenters. The first-order chi connectivity index (χ1) is 6.33. The lowest BCUT2D eigenvalue weighted by atomic mass is 9.89. The van der Waals surface area contributed by atoms with Gasteiger partial charge in [-0.1, -0.05) is 12.2 Å². The van der Waals surface area contributed by atoms with Gasteiger partial charge in [-0.2, -0.15) is 0 Å². The van der Waals surface area contributed by atoms with Crippen LogP contribution in [0, 0.1) is 0 Å². The summed E-state index contributed by atoms with van der Waals surface area (Å²) >= 11 is 0. The van der Waals surface area contributed by atoms with E-state index in [2.05, 4.69) is 36.5 Å². The highest BCUT2D eigenvalue weighted by Gasteiger charge is 2.24. The Hall–Kier alpha value is -0.760. The van der Waals surface area contributed by atoms with Gasteiger partial charge in [-0.25, -0.2) is 0 Å². The van der Waals surface area contributed by atoms with Crippen LogP contribution < -0.4 is 5.32 Å². The highest BCUT2D eigenvalue weighted by atomic mass is 15.1. The first-order valence-electron chi connectivity index (χ1n) is 5.11. The number of allylic oxidation sites excluding steroid dienone is 2. The average molecular weight is 178 g/mol. The van der Waals surface area contributed by atoms with Gasteiger partial charge < -0.3 is 10.2 Å². The maximum Gasteiger partial charge on any atom is 0.0472 e. The number of nitrogens with zero attached hydrogens (tertiary/aromatic N) is 1. The molecule has 0 saturated heterocycles. The Balaban J connectivity index is 2.31. The van der Waals surface area contributed by atoms with E-state index < -0.39 is 0 Å². The zero-order chi connectivity index (χ0) is 9.26. The maximum absolute atomic E-state index is 3.40. The summed E-state index contributed by atoms with van der Waals surface area (Å²) in [5, 5.41) is 3.40. The van der Waals surface area contributed by atoms with Crippen molar-refractivity contribution in [3.05, 3.63) is 23.4 Å². The van der Waals surface area contributed by atoms with Gasteiger partial charge >= 0.3 is 0 Å². The molecule has 0 spiro atoms. The normalized spacial score (nSPS) is 27.8. The zero-order valence-corrected chi connectivity index (χ0v) is 8.51. The molecule has 72 valence electrons. The van der Waals surface area contributed by atoms with Crippen LogP contribution in [0.25, 0.3) is 0 Å². The van der Waals surface area contributed by atoms with Crippen molar-refractivity contribution in [2.24, 2.45) is 0 Å². The Morgan fingerprint density at radius 1 is 1.54 bits per heavy atom. The first-order valence-corrected chi connectivity index (χ1v) is 5.11. The second kappa shape index (κ2) is 3.54. The van der Waals surface area contributed by atoms with E-state index in [-0.39, 0.29) is 0 Å². The monoisotopic (exact) mass is 178 g/mol. The van der Waals surface area contributed by atoms with Crippen LogP contribution >= 0.6 is 0 Å². The van der Waals surface area contributed by atoms with Crippen molar-refractivity contribution < 1.29 is 0 Å². The summed E-state index contributed by atoms with van der Waals surface area (Å²) in [7, 11) is 4.25. The number of hydrogen-bond donors (Lipinski definition) is 1. The van der Waals surface area contributed by atoms with Crippen molar-refractivity contribution in [1.82, 2.24) is 10.2 Å². The Bertz CT molecular complexity index is 253. The minimum Gasteiger partial charge on any atom is -0.373 e. The van der Waals surface area contributed by atoms with Crippen LogP contribution in [-0.4, -0.2) is 31.6 Å². The van der Waals surface area contributed by atoms with Gasteiger partial charge in [0.1, 0.15) is 0 Å². The predicted octanol–water partition coefficient (Wildman–Crippen LogP) is 1.51. The number of rotatable bonds is 1. The molecule has 1 heterocycles. The van der Waals surface area contributed by atoms with Crippen molar-refractivity contribution in [3.63, 3.8) is 0 Å². The van der Waals surface area contributed by atoms with E-state index in [1.807, 2.05) is 0 Å². The fraction of sp³-hybridized carbons (Fsp3) is 0.636. The van der Waals surface area contributed by atoms with E-state index in [1.165, 1.54) is 25.0 Å². The molecule has 0 saturated carbocycles. The fourth-order valence-corrected chi connectivity index (χ4v) is 2.40. The van der Waals surface area contributed by atoms with Crippen LogP contribution in [0.3, 0.4) is 0 Å². The van der Waals surface area contributed by atoms with Crippen molar-refractivity contribution in [2.45, 2.75) is 25.3 Å². The molecule has 13 heavy (non-hydrogen) atoms. The van der Waals surface area contributed by atoms with E-state index in [1.54, 1.807) is 5.57 Å². The second-order valence-electron chi connectivity index (χ2n) is 3.93. The molecule has 1 aliphatic heterocycles. The van der Waals surface area contributed by atoms with E-state index in [4.69, 9.17) is 0 Å². The third-order valence-electron chi connectivity index (χ3n) is 3.06. The molecular weight excluding hydrogens is 160 g/mol. The lowest BCUT2D eigenvalue weighted by Crippen LogP contribution is -2.39. The molecule has 2 aliphatic rings. The highest BCUT2D eigenvalue weighted by Crippen LogP contribution is 2.29. The van der Waals surface area contributed by atoms with Gasteiger partial charge in [0.2, 0.25) is 0 Å². The smallest absolute Gasteiger partial charge is 0.0472 e. The molecule has 0 aromatic carbocycles. The summed E-state index contributed by atoms with van der Waals surface area (Å²) in [6.45, 7) is 1.07. The molecule has 0 amide bonds. The van der Waals surface area contributed by atoms with Crippen molar-refractivity contribution >= 4 is 0 Å². The van der Waals surface area contributed by atoms with Gasteiger partial charge in [0.15, 0.2) is 0 Å². The number of nitrogens with one attached hydrogen (secondary N) is 1. The minimum absolute atomic E-state index is 0.582. The maximum atomic E-state index is 3.40. The van der Waals surface area contributed by atoms with Gasteiger partial charge in [-0.05, 0) is 31.9 Å². The van der Waals surface area contributed by atoms with Gasteiger partial charge in [0.05, 0.1) is 0 Å². The Labute approximate surface area is 80.3 Å². The van der Waals surface area contributed by atoms with Gasteiger partial charge in [-0.3, -0.25) is 0 Å². The van der Waals surface area contributed by atoms with Crippen molar-refractivity contribution in [1.29, 1.82) is 0 Å². The molecule has 1 atom stereocenters. The molecule has 1 N–H and O–H groups in total. The second-order valence-corrected chi connectivity index (χ2v) is 3.93. The minimum atomic E-state index is 0.582. The number of hydrogen-bond acceptors (Lipinski definition) is 2. The topological polar surface area (TPSA) is 15.3 Å². The largest absolute Gasteiger partial charge is 0.373 e. The summed E-state index contributed by atoms with van der Waals surface area (Å²) in [5.74, 6) is 0. The van der Waals surface area contributed by atoms with Crippen LogP contribution in [-0.2, 0) is 0 Å². The average Bonchev–Trinajstić information content (AvgIpc) is 2.17. The van der Waals surface area contributed by atoms with E-state index in [0.717, 1.165) is 6.54 Å². The van der Waals surface area contributed by atoms with Crippen molar-refractivity contribution in [3.8, 4) is 0 Å². The highest BCUT2D eigenvalue weighted by molar-refractivity contribution is 5.33. The summed E-state index contributed by atoms with van der Waals surface area (Å²) in [4.78, 5) is 2.37. The Kier molecular flexibility index (Phi) is 2.40. The summed E-state index contributed by atoms with van der Waals surface area (Å²) in [6.07, 6.45) is 8.43. The molecule has 2 rings (SSSR count). The first kappa shape index (κ1) is 8.82. The Morgan fingerprint density at radius 3 is 3.15 bits per heavy atom. The molecule has 1 aliphatic carbocycles. The Morgan fingerprint density at radius 2 is 2.38 bits per heavy atom. The van der Waals surface area contributed by atoms with E-state index >= 15 is 0 Å². The third-order valence-corrected chi connectivity index (χ3v) is 3.06. The molecule has 0 aromatic heterocycles. The summed E-state index contributed by atoms with van der Waals surface area (Å²) < 4.78 is 0. The molecule has 0 aromatic rings.